The van der Waals surface area contributed by atoms with Crippen molar-refractivity contribution in [2.75, 3.05) is 0 Å². The summed E-state index contributed by atoms with van der Waals surface area (Å²) >= 11 is 3.29. The third-order valence-corrected chi connectivity index (χ3v) is 3.75. The molecule has 3 rings (SSSR count). The van der Waals surface area contributed by atoms with Gasteiger partial charge in [0.05, 0.1) is 17.7 Å². The number of imide groups is 1. The Morgan fingerprint density at radius 1 is 1.00 bits per heavy atom. The largest absolute Gasteiger partial charge is 0.508 e. The number of phenolic OH excluding ortho intramolecular Hbond substituents is 1. The highest BCUT2D eigenvalue weighted by atomic mass is 79.9. The Bertz CT molecular complexity index is 727. The molecule has 0 saturated carbocycles. The van der Waals surface area contributed by atoms with Crippen LogP contribution in [0.5, 0.6) is 5.75 Å². The normalized spacial score (nSPS) is 13.8. The monoisotopic (exact) mass is 331 g/mol. The Morgan fingerprint density at radius 3 is 2.45 bits per heavy atom. The first-order chi connectivity index (χ1) is 9.58. The van der Waals surface area contributed by atoms with E-state index in [0.717, 1.165) is 9.37 Å². The lowest BCUT2D eigenvalue weighted by molar-refractivity contribution is 0.0641. The van der Waals surface area contributed by atoms with Gasteiger partial charge in [-0.25, -0.2) is 0 Å². The van der Waals surface area contributed by atoms with Crippen LogP contribution >= 0.6 is 15.9 Å². The second-order valence-corrected chi connectivity index (χ2v) is 5.43. The Hall–Kier alpha value is -2.14. The summed E-state index contributed by atoms with van der Waals surface area (Å²) in [5, 5.41) is 9.75. The first kappa shape index (κ1) is 12.9. The molecule has 1 aliphatic heterocycles. The van der Waals surface area contributed by atoms with E-state index in [1.807, 2.05) is 0 Å². The Labute approximate surface area is 123 Å². The number of para-hydroxylation sites is 1. The molecule has 0 radical (unpaired) electrons. The van der Waals surface area contributed by atoms with Crippen molar-refractivity contribution in [1.29, 1.82) is 0 Å². The number of carbonyl (C=O) groups is 2. The Kier molecular flexibility index (Phi) is 3.06. The first-order valence-electron chi connectivity index (χ1n) is 6.00. The standard InChI is InChI=1S/C15H10BrNO3/c16-10-5-6-11-12(7-10)15(20)17(14(11)19)8-9-3-1-2-4-13(9)18/h1-7,18H,8H2. The maximum absolute atomic E-state index is 12.3. The molecule has 2 amide bonds. The summed E-state index contributed by atoms with van der Waals surface area (Å²) in [4.78, 5) is 25.7. The molecule has 0 spiro atoms. The van der Waals surface area contributed by atoms with Crippen molar-refractivity contribution in [3.8, 4) is 5.75 Å². The third kappa shape index (κ3) is 2.00. The topological polar surface area (TPSA) is 57.6 Å². The fraction of sp³-hybridized carbons (Fsp3) is 0.0667. The van der Waals surface area contributed by atoms with Crippen LogP contribution in [0.3, 0.4) is 0 Å². The highest BCUT2D eigenvalue weighted by molar-refractivity contribution is 9.10. The van der Waals surface area contributed by atoms with Crippen LogP contribution in [0.2, 0.25) is 0 Å². The van der Waals surface area contributed by atoms with E-state index >= 15 is 0 Å². The van der Waals surface area contributed by atoms with Crippen LogP contribution in [0.15, 0.2) is 46.9 Å². The number of aromatic hydroxyl groups is 1. The van der Waals surface area contributed by atoms with Crippen molar-refractivity contribution in [2.24, 2.45) is 0 Å². The van der Waals surface area contributed by atoms with Crippen LogP contribution in [0.25, 0.3) is 0 Å². The van der Waals surface area contributed by atoms with Gasteiger partial charge in [0.1, 0.15) is 5.75 Å². The van der Waals surface area contributed by atoms with Gasteiger partial charge in [-0.2, -0.15) is 0 Å². The summed E-state index contributed by atoms with van der Waals surface area (Å²) in [6, 6.07) is 11.7. The molecule has 1 N–H and O–H groups in total. The number of phenols is 1. The predicted molar refractivity (Wildman–Crippen MR) is 76.5 cm³/mol. The summed E-state index contributed by atoms with van der Waals surface area (Å²) in [6.45, 7) is 0.0661. The number of nitrogens with zero attached hydrogens (tertiary/aromatic N) is 1. The fourth-order valence-corrected chi connectivity index (χ4v) is 2.58. The van der Waals surface area contributed by atoms with Crippen LogP contribution in [0, 0.1) is 0 Å². The van der Waals surface area contributed by atoms with Crippen molar-refractivity contribution in [1.82, 2.24) is 4.90 Å². The number of carbonyl (C=O) groups excluding carboxylic acids is 2. The average Bonchev–Trinajstić information content (AvgIpc) is 2.66. The molecule has 0 aliphatic carbocycles. The van der Waals surface area contributed by atoms with Gasteiger partial charge in [-0.3, -0.25) is 14.5 Å². The molecule has 0 unspecified atom stereocenters. The molecule has 1 heterocycles. The molecule has 2 aromatic rings. The van der Waals surface area contributed by atoms with Crippen LogP contribution in [-0.2, 0) is 6.54 Å². The Balaban J connectivity index is 1.96. The summed E-state index contributed by atoms with van der Waals surface area (Å²) in [7, 11) is 0. The van der Waals surface area contributed by atoms with Gasteiger partial charge < -0.3 is 5.11 Å². The number of hydrogen-bond acceptors (Lipinski definition) is 3. The molecule has 5 heteroatoms. The molecule has 0 bridgehead atoms. The smallest absolute Gasteiger partial charge is 0.261 e. The van der Waals surface area contributed by atoms with E-state index in [1.165, 1.54) is 6.07 Å². The molecule has 4 nitrogen and oxygen atoms in total. The third-order valence-electron chi connectivity index (χ3n) is 3.25. The van der Waals surface area contributed by atoms with E-state index < -0.39 is 0 Å². The van der Waals surface area contributed by atoms with Crippen molar-refractivity contribution < 1.29 is 14.7 Å². The minimum atomic E-state index is -0.338. The van der Waals surface area contributed by atoms with Gasteiger partial charge in [0.15, 0.2) is 0 Å². The second-order valence-electron chi connectivity index (χ2n) is 4.52. The van der Waals surface area contributed by atoms with Gasteiger partial charge in [0.25, 0.3) is 11.8 Å². The van der Waals surface area contributed by atoms with E-state index in [-0.39, 0.29) is 24.1 Å². The molecule has 100 valence electrons. The predicted octanol–water partition coefficient (Wildman–Crippen LogP) is 2.95. The molecule has 20 heavy (non-hydrogen) atoms. The minimum Gasteiger partial charge on any atom is -0.508 e. The zero-order chi connectivity index (χ0) is 14.3. The number of rotatable bonds is 2. The van der Waals surface area contributed by atoms with Gasteiger partial charge in [-0.1, -0.05) is 34.1 Å². The lowest BCUT2D eigenvalue weighted by Crippen LogP contribution is -2.29. The lowest BCUT2D eigenvalue weighted by atomic mass is 10.1. The zero-order valence-corrected chi connectivity index (χ0v) is 11.9. The number of amides is 2. The van der Waals surface area contributed by atoms with Crippen molar-refractivity contribution in [3.05, 3.63) is 63.6 Å². The van der Waals surface area contributed by atoms with E-state index in [1.54, 1.807) is 36.4 Å². The van der Waals surface area contributed by atoms with Crippen molar-refractivity contribution >= 4 is 27.7 Å². The van der Waals surface area contributed by atoms with Gasteiger partial charge in [-0.15, -0.1) is 0 Å². The van der Waals surface area contributed by atoms with Gasteiger partial charge in [0.2, 0.25) is 0 Å². The molecule has 0 saturated heterocycles. The van der Waals surface area contributed by atoms with Gasteiger partial charge >= 0.3 is 0 Å². The molecular formula is C15H10BrNO3. The maximum Gasteiger partial charge on any atom is 0.261 e. The average molecular weight is 332 g/mol. The van der Waals surface area contributed by atoms with Gasteiger partial charge in [-0.05, 0) is 24.3 Å². The van der Waals surface area contributed by atoms with Crippen molar-refractivity contribution in [2.45, 2.75) is 6.54 Å². The minimum absolute atomic E-state index is 0.0661. The Morgan fingerprint density at radius 2 is 1.70 bits per heavy atom. The lowest BCUT2D eigenvalue weighted by Gasteiger charge is -2.14. The highest BCUT2D eigenvalue weighted by Crippen LogP contribution is 2.28. The fourth-order valence-electron chi connectivity index (χ4n) is 2.22. The number of halogens is 1. The summed E-state index contributed by atoms with van der Waals surface area (Å²) < 4.78 is 0.752. The highest BCUT2D eigenvalue weighted by Gasteiger charge is 2.35. The summed E-state index contributed by atoms with van der Waals surface area (Å²) in [5.41, 5.74) is 1.33. The number of benzene rings is 2. The van der Waals surface area contributed by atoms with E-state index in [9.17, 15) is 14.7 Å². The zero-order valence-electron chi connectivity index (χ0n) is 10.3. The quantitative estimate of drug-likeness (QED) is 0.861. The van der Waals surface area contributed by atoms with Crippen LogP contribution in [0.1, 0.15) is 26.3 Å². The number of hydrogen-bond donors (Lipinski definition) is 1. The van der Waals surface area contributed by atoms with E-state index in [4.69, 9.17) is 0 Å². The number of fused-ring (bicyclic) bond motifs is 1. The summed E-state index contributed by atoms with van der Waals surface area (Å²) in [6.07, 6.45) is 0. The summed E-state index contributed by atoms with van der Waals surface area (Å²) in [5.74, 6) is -0.597. The molecule has 0 aromatic heterocycles. The molecule has 0 atom stereocenters. The van der Waals surface area contributed by atoms with Crippen molar-refractivity contribution in [3.63, 3.8) is 0 Å². The van der Waals surface area contributed by atoms with Crippen LogP contribution in [0.4, 0.5) is 0 Å². The van der Waals surface area contributed by atoms with Gasteiger partial charge in [0, 0.05) is 10.0 Å². The first-order valence-corrected chi connectivity index (χ1v) is 6.80. The van der Waals surface area contributed by atoms with Crippen LogP contribution in [-0.4, -0.2) is 21.8 Å². The maximum atomic E-state index is 12.3. The van der Waals surface area contributed by atoms with E-state index in [0.29, 0.717) is 16.7 Å². The molecule has 2 aromatic carbocycles. The molecule has 0 fully saturated rings. The SMILES string of the molecule is O=C1c2ccc(Br)cc2C(=O)N1Cc1ccccc1O. The molecular weight excluding hydrogens is 322 g/mol. The molecule has 1 aliphatic rings. The second kappa shape index (κ2) is 4.76. The van der Waals surface area contributed by atoms with Crippen LogP contribution < -0.4 is 0 Å². The van der Waals surface area contributed by atoms with E-state index in [2.05, 4.69) is 15.9 Å².